The lowest BCUT2D eigenvalue weighted by atomic mass is 9.95. The van der Waals surface area contributed by atoms with Gasteiger partial charge in [-0.1, -0.05) is 5.92 Å². The van der Waals surface area contributed by atoms with Crippen molar-refractivity contribution < 1.29 is 31.5 Å². The van der Waals surface area contributed by atoms with Crippen LogP contribution in [0.3, 0.4) is 0 Å². The number of amidine groups is 1. The van der Waals surface area contributed by atoms with Crippen molar-refractivity contribution in [2.75, 3.05) is 17.7 Å². The van der Waals surface area contributed by atoms with Crippen LogP contribution < -0.4 is 15.4 Å². The minimum Gasteiger partial charge on any atom is -0.479 e. The van der Waals surface area contributed by atoms with E-state index in [0.29, 0.717) is 35.3 Å². The number of hydrogen-bond acceptors (Lipinski definition) is 10. The summed E-state index contributed by atoms with van der Waals surface area (Å²) in [6.45, 7) is 8.09. The molecule has 1 fully saturated rings. The molecule has 0 radical (unpaired) electrons. The first-order valence-corrected chi connectivity index (χ1v) is 15.5. The van der Waals surface area contributed by atoms with Crippen molar-refractivity contribution in [2.24, 2.45) is 10.9 Å². The average molecular weight is 627 g/mol. The fourth-order valence-electron chi connectivity index (χ4n) is 4.96. The van der Waals surface area contributed by atoms with E-state index in [0.717, 1.165) is 0 Å². The number of alkyl halides is 1. The molecule has 1 aliphatic heterocycles. The van der Waals surface area contributed by atoms with Crippen molar-refractivity contribution in [1.82, 2.24) is 20.3 Å². The van der Waals surface area contributed by atoms with Gasteiger partial charge in [0.25, 0.3) is 5.00 Å². The maximum atomic E-state index is 16.4. The molecule has 0 spiro atoms. The van der Waals surface area contributed by atoms with Gasteiger partial charge in [0, 0.05) is 23.1 Å². The molecule has 0 saturated heterocycles. The van der Waals surface area contributed by atoms with Crippen LogP contribution in [0.15, 0.2) is 41.8 Å². The molecule has 232 valence electrons. The number of carbonyl (C=O) groups excluding carboxylic acids is 1. The number of rotatable bonds is 6. The highest BCUT2D eigenvalue weighted by molar-refractivity contribution is 7.93. The maximum Gasteiger partial charge on any atom is 0.413 e. The van der Waals surface area contributed by atoms with Gasteiger partial charge >= 0.3 is 6.09 Å². The number of anilines is 2. The molecule has 2 N–H and O–H groups in total. The van der Waals surface area contributed by atoms with Crippen LogP contribution in [0.1, 0.15) is 53.0 Å². The Balaban J connectivity index is 1.51. The molecule has 4 heterocycles. The van der Waals surface area contributed by atoms with E-state index in [1.54, 1.807) is 46.0 Å². The number of halogens is 2. The van der Waals surface area contributed by atoms with E-state index in [1.807, 2.05) is 0 Å². The van der Waals surface area contributed by atoms with Crippen LogP contribution in [0.25, 0.3) is 10.9 Å². The Hall–Kier alpha value is -4.38. The third-order valence-electron chi connectivity index (χ3n) is 7.07. The standard InChI is InChI=1S/C30H32F2N6O5S/c1-6-7-12-42-21-13-18-10-11-33-25(23(18)34-16-21)36-20-14-22(24(31)35-15-20)29(5)17-44(40,41)30(32,19-8-9-19)26(38-29)37-27(39)43-28(2,3)4/h10-11,13-16,19H,8-9,12,17H2,1-5H3,(H,33,36)(H,37,38,39)/t29-,30-/m0/s1. The molecule has 1 saturated carbocycles. The van der Waals surface area contributed by atoms with E-state index < -0.39 is 55.5 Å². The Morgan fingerprint density at radius 3 is 2.61 bits per heavy atom. The summed E-state index contributed by atoms with van der Waals surface area (Å²) in [7, 11) is -4.61. The monoisotopic (exact) mass is 626 g/mol. The van der Waals surface area contributed by atoms with Crippen molar-refractivity contribution in [3.8, 4) is 17.6 Å². The lowest BCUT2D eigenvalue weighted by Crippen LogP contribution is -2.59. The highest BCUT2D eigenvalue weighted by atomic mass is 32.2. The largest absolute Gasteiger partial charge is 0.479 e. The topological polar surface area (TPSA) is 145 Å². The van der Waals surface area contributed by atoms with Crippen molar-refractivity contribution in [3.05, 3.63) is 48.3 Å². The van der Waals surface area contributed by atoms with Gasteiger partial charge in [-0.05, 0) is 65.7 Å². The van der Waals surface area contributed by atoms with Crippen molar-refractivity contribution >= 4 is 44.2 Å². The Kier molecular flexibility index (Phi) is 7.96. The number of fused-ring (bicyclic) bond motifs is 1. The Bertz CT molecular complexity index is 1830. The summed E-state index contributed by atoms with van der Waals surface area (Å²) in [5.41, 5.74) is -2.29. The zero-order chi connectivity index (χ0) is 31.9. The number of alkyl carbamates (subject to hydrolysis) is 1. The van der Waals surface area contributed by atoms with Crippen molar-refractivity contribution in [2.45, 2.75) is 63.6 Å². The maximum absolute atomic E-state index is 16.4. The van der Waals surface area contributed by atoms with Crippen LogP contribution in [0.4, 0.5) is 25.1 Å². The normalized spacial score (nSPS) is 22.8. The van der Waals surface area contributed by atoms with Crippen LogP contribution in [-0.2, 0) is 20.1 Å². The highest BCUT2D eigenvalue weighted by Crippen LogP contribution is 2.51. The van der Waals surface area contributed by atoms with Gasteiger partial charge < -0.3 is 14.8 Å². The number of nitrogens with zero attached hydrogens (tertiary/aromatic N) is 4. The van der Waals surface area contributed by atoms with E-state index in [9.17, 15) is 13.2 Å². The van der Waals surface area contributed by atoms with Gasteiger partial charge in [0.15, 0.2) is 21.5 Å². The number of amides is 1. The fourth-order valence-corrected chi connectivity index (χ4v) is 7.27. The summed E-state index contributed by atoms with van der Waals surface area (Å²) in [5.74, 6) is 2.90. The molecular formula is C30H32F2N6O5S. The molecule has 3 aromatic heterocycles. The summed E-state index contributed by atoms with van der Waals surface area (Å²) in [6.07, 6.45) is 3.78. The SMILES string of the molecule is CC#CCOc1cnc2c(Nc3cnc(F)c([C@]4(C)CS(=O)(=O)[C@@](F)(C5CC5)C(NC(=O)OC(C)(C)C)=N4)c3)nccc2c1. The van der Waals surface area contributed by atoms with E-state index >= 15 is 8.78 Å². The number of carbonyl (C=O) groups is 1. The molecule has 5 rings (SSSR count). The van der Waals surface area contributed by atoms with E-state index in [2.05, 4.69) is 42.4 Å². The summed E-state index contributed by atoms with van der Waals surface area (Å²) in [6, 6.07) is 4.84. The smallest absolute Gasteiger partial charge is 0.413 e. The predicted molar refractivity (Wildman–Crippen MR) is 160 cm³/mol. The van der Waals surface area contributed by atoms with Crippen molar-refractivity contribution in [1.29, 1.82) is 0 Å². The van der Waals surface area contributed by atoms with Crippen LogP contribution >= 0.6 is 0 Å². The van der Waals surface area contributed by atoms with Gasteiger partial charge in [0.05, 0.1) is 23.8 Å². The van der Waals surface area contributed by atoms with Gasteiger partial charge in [-0.3, -0.25) is 10.3 Å². The van der Waals surface area contributed by atoms with Gasteiger partial charge in [-0.2, -0.15) is 4.39 Å². The van der Waals surface area contributed by atoms with Crippen LogP contribution in [-0.4, -0.2) is 58.3 Å². The molecule has 14 heteroatoms. The number of aliphatic imine (C=N–C) groups is 1. The molecule has 1 aliphatic carbocycles. The summed E-state index contributed by atoms with van der Waals surface area (Å²) >= 11 is 0. The first-order valence-electron chi connectivity index (χ1n) is 13.9. The molecule has 11 nitrogen and oxygen atoms in total. The molecule has 3 aromatic rings. The number of nitrogens with one attached hydrogen (secondary N) is 2. The first kappa shape index (κ1) is 31.1. The van der Waals surface area contributed by atoms with E-state index in [-0.39, 0.29) is 17.9 Å². The third kappa shape index (κ3) is 6.14. The van der Waals surface area contributed by atoms with E-state index in [4.69, 9.17) is 9.47 Å². The minimum atomic E-state index is -4.61. The zero-order valence-corrected chi connectivity index (χ0v) is 25.7. The molecule has 0 aromatic carbocycles. The van der Waals surface area contributed by atoms with E-state index in [1.165, 1.54) is 25.4 Å². The fraction of sp³-hybridized carbons (Fsp3) is 0.433. The number of sulfone groups is 1. The lowest BCUT2D eigenvalue weighted by molar-refractivity contribution is 0.0556. The van der Waals surface area contributed by atoms with Crippen molar-refractivity contribution in [3.63, 3.8) is 0 Å². The number of aromatic nitrogens is 3. The van der Waals surface area contributed by atoms with Gasteiger partial charge in [0.2, 0.25) is 5.95 Å². The lowest BCUT2D eigenvalue weighted by Gasteiger charge is -2.38. The Morgan fingerprint density at radius 1 is 1.18 bits per heavy atom. The Morgan fingerprint density at radius 2 is 1.93 bits per heavy atom. The van der Waals surface area contributed by atoms with Gasteiger partial charge in [0.1, 0.15) is 29.0 Å². The molecule has 2 aliphatic rings. The third-order valence-corrected chi connectivity index (χ3v) is 9.44. The van der Waals surface area contributed by atoms with Gasteiger partial charge in [-0.25, -0.2) is 32.6 Å². The molecule has 0 unspecified atom stereocenters. The molecule has 0 bridgehead atoms. The van der Waals surface area contributed by atoms with Crippen LogP contribution in [0.2, 0.25) is 0 Å². The molecule has 2 atom stereocenters. The highest BCUT2D eigenvalue weighted by Gasteiger charge is 2.64. The number of pyridine rings is 3. The molecule has 1 amide bonds. The molecule has 44 heavy (non-hydrogen) atoms. The van der Waals surface area contributed by atoms with Crippen LogP contribution in [0.5, 0.6) is 5.75 Å². The second-order valence-electron chi connectivity index (χ2n) is 11.8. The summed E-state index contributed by atoms with van der Waals surface area (Å²) in [5, 5.41) is 3.02. The second-order valence-corrected chi connectivity index (χ2v) is 14.0. The second kappa shape index (κ2) is 11.3. The average Bonchev–Trinajstić information content (AvgIpc) is 3.77. The van der Waals surface area contributed by atoms with Gasteiger partial charge in [-0.15, -0.1) is 5.92 Å². The zero-order valence-electron chi connectivity index (χ0n) is 24.9. The van der Waals surface area contributed by atoms with Crippen LogP contribution in [0, 0.1) is 23.7 Å². The number of hydrogen-bond donors (Lipinski definition) is 2. The number of ether oxygens (including phenoxy) is 2. The molecular weight excluding hydrogens is 594 g/mol. The minimum absolute atomic E-state index is 0.208. The summed E-state index contributed by atoms with van der Waals surface area (Å²) in [4.78, 5) is 29.6. The predicted octanol–water partition coefficient (Wildman–Crippen LogP) is 4.95. The Labute approximate surface area is 253 Å². The summed E-state index contributed by atoms with van der Waals surface area (Å²) < 4.78 is 69.7. The first-order chi connectivity index (χ1) is 20.6. The quantitative estimate of drug-likeness (QED) is 0.287.